The number of hydrogen-bond donors (Lipinski definition) is 2. The van der Waals surface area contributed by atoms with Gasteiger partial charge in [0.25, 0.3) is 0 Å². The number of nitrogens with one attached hydrogen (secondary N) is 1. The summed E-state index contributed by atoms with van der Waals surface area (Å²) in [6.07, 6.45) is 6.48. The number of hydrogen-bond acceptors (Lipinski definition) is 5. The van der Waals surface area contributed by atoms with Crippen molar-refractivity contribution < 1.29 is 0 Å². The highest BCUT2D eigenvalue weighted by Crippen LogP contribution is 2.06. The van der Waals surface area contributed by atoms with Gasteiger partial charge in [-0.25, -0.2) is 10.8 Å². The molecule has 2 heterocycles. The minimum Gasteiger partial charge on any atom is -0.307 e. The van der Waals surface area contributed by atoms with Crippen LogP contribution in [-0.2, 0) is 6.54 Å². The van der Waals surface area contributed by atoms with Crippen molar-refractivity contribution in [1.82, 2.24) is 19.7 Å². The zero-order valence-electron chi connectivity index (χ0n) is 7.76. The van der Waals surface area contributed by atoms with Gasteiger partial charge in [-0.1, -0.05) is 11.6 Å². The van der Waals surface area contributed by atoms with E-state index in [-0.39, 0.29) is 0 Å². The maximum Gasteiger partial charge on any atom is 0.158 e. The van der Waals surface area contributed by atoms with E-state index in [0.717, 1.165) is 5.69 Å². The molecule has 3 N–H and O–H groups in total. The second kappa shape index (κ2) is 4.24. The van der Waals surface area contributed by atoms with Crippen molar-refractivity contribution in [2.45, 2.75) is 6.54 Å². The van der Waals surface area contributed by atoms with Crippen LogP contribution in [0.15, 0.2) is 24.8 Å². The van der Waals surface area contributed by atoms with Gasteiger partial charge >= 0.3 is 0 Å². The summed E-state index contributed by atoms with van der Waals surface area (Å²) in [7, 11) is 0. The van der Waals surface area contributed by atoms with Gasteiger partial charge in [-0.05, 0) is 0 Å². The summed E-state index contributed by atoms with van der Waals surface area (Å²) < 4.78 is 1.68. The largest absolute Gasteiger partial charge is 0.307 e. The van der Waals surface area contributed by atoms with E-state index in [4.69, 9.17) is 17.4 Å². The van der Waals surface area contributed by atoms with Crippen molar-refractivity contribution >= 4 is 17.4 Å². The van der Waals surface area contributed by atoms with Crippen LogP contribution in [0.1, 0.15) is 5.69 Å². The van der Waals surface area contributed by atoms with Crippen LogP contribution in [-0.4, -0.2) is 19.7 Å². The fourth-order valence-electron chi connectivity index (χ4n) is 1.10. The molecular formula is C8H9ClN6. The van der Waals surface area contributed by atoms with Crippen molar-refractivity contribution in [2.75, 3.05) is 5.43 Å². The monoisotopic (exact) mass is 224 g/mol. The lowest BCUT2D eigenvalue weighted by atomic mass is 10.4. The van der Waals surface area contributed by atoms with E-state index in [1.807, 2.05) is 0 Å². The molecule has 15 heavy (non-hydrogen) atoms. The molecule has 0 amide bonds. The summed E-state index contributed by atoms with van der Waals surface area (Å²) in [5, 5.41) is 4.63. The number of rotatable bonds is 3. The first kappa shape index (κ1) is 9.88. The molecule has 2 aromatic rings. The highest BCUT2D eigenvalue weighted by molar-refractivity contribution is 6.30. The van der Waals surface area contributed by atoms with Gasteiger partial charge in [0.15, 0.2) is 5.82 Å². The van der Waals surface area contributed by atoms with E-state index in [0.29, 0.717) is 17.4 Å². The first-order valence-electron chi connectivity index (χ1n) is 4.23. The Morgan fingerprint density at radius 1 is 1.33 bits per heavy atom. The molecular weight excluding hydrogens is 216 g/mol. The molecule has 2 rings (SSSR count). The topological polar surface area (TPSA) is 81.6 Å². The standard InChI is InChI=1S/C8H9ClN6/c9-6-1-13-15(4-6)5-7-2-12-8(14-10)3-11-7/h1-4H,5,10H2,(H,12,14). The van der Waals surface area contributed by atoms with E-state index in [9.17, 15) is 0 Å². The SMILES string of the molecule is NNc1cnc(Cn2cc(Cl)cn2)cn1. The molecule has 0 aliphatic heterocycles. The van der Waals surface area contributed by atoms with Crippen LogP contribution >= 0.6 is 11.6 Å². The molecule has 0 fully saturated rings. The van der Waals surface area contributed by atoms with Gasteiger partial charge in [0.05, 0.1) is 35.9 Å². The van der Waals surface area contributed by atoms with Crippen molar-refractivity contribution in [1.29, 1.82) is 0 Å². The van der Waals surface area contributed by atoms with E-state index in [1.165, 1.54) is 0 Å². The number of hydrazine groups is 1. The summed E-state index contributed by atoms with van der Waals surface area (Å²) in [5.74, 6) is 5.69. The average molecular weight is 225 g/mol. The molecule has 0 spiro atoms. The Kier molecular flexibility index (Phi) is 2.79. The highest BCUT2D eigenvalue weighted by Gasteiger charge is 1.99. The van der Waals surface area contributed by atoms with Crippen molar-refractivity contribution in [3.8, 4) is 0 Å². The van der Waals surface area contributed by atoms with Crippen LogP contribution in [0.3, 0.4) is 0 Å². The fraction of sp³-hybridized carbons (Fsp3) is 0.125. The Labute approximate surface area is 91.1 Å². The molecule has 0 saturated carbocycles. The van der Waals surface area contributed by atoms with Crippen LogP contribution in [0.2, 0.25) is 5.02 Å². The van der Waals surface area contributed by atoms with Gasteiger partial charge in [-0.3, -0.25) is 9.67 Å². The van der Waals surface area contributed by atoms with Crippen LogP contribution in [0.4, 0.5) is 5.82 Å². The van der Waals surface area contributed by atoms with Crippen LogP contribution in [0, 0.1) is 0 Å². The quantitative estimate of drug-likeness (QED) is 0.591. The van der Waals surface area contributed by atoms with Gasteiger partial charge in [0.1, 0.15) is 0 Å². The lowest BCUT2D eigenvalue weighted by Gasteiger charge is -2.01. The highest BCUT2D eigenvalue weighted by atomic mass is 35.5. The molecule has 2 aromatic heterocycles. The van der Waals surface area contributed by atoms with Crippen molar-refractivity contribution in [2.24, 2.45) is 5.84 Å². The lowest BCUT2D eigenvalue weighted by Crippen LogP contribution is -2.10. The van der Waals surface area contributed by atoms with Crippen LogP contribution < -0.4 is 11.3 Å². The molecule has 6 nitrogen and oxygen atoms in total. The predicted molar refractivity (Wildman–Crippen MR) is 56.2 cm³/mol. The van der Waals surface area contributed by atoms with E-state index in [2.05, 4.69) is 20.5 Å². The first-order valence-corrected chi connectivity index (χ1v) is 4.61. The number of halogens is 1. The minimum absolute atomic E-state index is 0.525. The Morgan fingerprint density at radius 3 is 2.73 bits per heavy atom. The number of nitrogen functional groups attached to an aromatic ring is 1. The maximum atomic E-state index is 5.73. The second-order valence-corrected chi connectivity index (χ2v) is 3.33. The number of nitrogens with two attached hydrogens (primary N) is 1. The molecule has 78 valence electrons. The summed E-state index contributed by atoms with van der Waals surface area (Å²) in [6.45, 7) is 0.532. The average Bonchev–Trinajstić information content (AvgIpc) is 2.65. The molecule has 0 aliphatic carbocycles. The van der Waals surface area contributed by atoms with Crippen LogP contribution in [0.25, 0.3) is 0 Å². The minimum atomic E-state index is 0.525. The van der Waals surface area contributed by atoms with E-state index >= 15 is 0 Å². The summed E-state index contributed by atoms with van der Waals surface area (Å²) in [5.41, 5.74) is 3.19. The zero-order valence-corrected chi connectivity index (χ0v) is 8.52. The molecule has 0 atom stereocenters. The molecule has 0 aromatic carbocycles. The van der Waals surface area contributed by atoms with Gasteiger partial charge in [0.2, 0.25) is 0 Å². The fourth-order valence-corrected chi connectivity index (χ4v) is 1.26. The Morgan fingerprint density at radius 2 is 2.20 bits per heavy atom. The van der Waals surface area contributed by atoms with Crippen LogP contribution in [0.5, 0.6) is 0 Å². The normalized spacial score (nSPS) is 10.3. The molecule has 0 bridgehead atoms. The summed E-state index contributed by atoms with van der Waals surface area (Å²) in [4.78, 5) is 8.17. The molecule has 7 heteroatoms. The summed E-state index contributed by atoms with van der Waals surface area (Å²) >= 11 is 5.73. The van der Waals surface area contributed by atoms with Crippen molar-refractivity contribution in [3.63, 3.8) is 0 Å². The molecule has 0 unspecified atom stereocenters. The lowest BCUT2D eigenvalue weighted by molar-refractivity contribution is 0.670. The van der Waals surface area contributed by atoms with Gasteiger partial charge in [0, 0.05) is 6.20 Å². The number of aromatic nitrogens is 4. The maximum absolute atomic E-state index is 5.73. The Bertz CT molecular complexity index is 437. The first-order chi connectivity index (χ1) is 7.28. The Balaban J connectivity index is 2.11. The molecule has 0 aliphatic rings. The second-order valence-electron chi connectivity index (χ2n) is 2.89. The van der Waals surface area contributed by atoms with Gasteiger partial charge < -0.3 is 5.43 Å². The summed E-state index contributed by atoms with van der Waals surface area (Å²) in [6, 6.07) is 0. The van der Waals surface area contributed by atoms with E-state index in [1.54, 1.807) is 29.5 Å². The number of nitrogens with zero attached hydrogens (tertiary/aromatic N) is 4. The molecule has 0 saturated heterocycles. The third-order valence-corrected chi connectivity index (χ3v) is 1.97. The predicted octanol–water partition coefficient (Wildman–Crippen LogP) is 0.660. The third kappa shape index (κ3) is 2.42. The van der Waals surface area contributed by atoms with E-state index < -0.39 is 0 Å². The smallest absolute Gasteiger partial charge is 0.158 e. The van der Waals surface area contributed by atoms with Gasteiger partial charge in [-0.2, -0.15) is 5.10 Å². The molecule has 0 radical (unpaired) electrons. The third-order valence-electron chi connectivity index (χ3n) is 1.78. The zero-order chi connectivity index (χ0) is 10.7. The van der Waals surface area contributed by atoms with Gasteiger partial charge in [-0.15, -0.1) is 0 Å². The van der Waals surface area contributed by atoms with Crippen molar-refractivity contribution in [3.05, 3.63) is 35.5 Å². The number of anilines is 1. The Hall–Kier alpha value is -1.66.